The number of carbonyl (C=O) groups excluding carboxylic acids is 1. The van der Waals surface area contributed by atoms with Gasteiger partial charge in [0.1, 0.15) is 12.4 Å². The number of hydrogen-bond acceptors (Lipinski definition) is 3. The number of aldehydes is 1. The van der Waals surface area contributed by atoms with Crippen LogP contribution in [0.25, 0.3) is 10.8 Å². The lowest BCUT2D eigenvalue weighted by Gasteiger charge is -2.06. The summed E-state index contributed by atoms with van der Waals surface area (Å²) in [4.78, 5) is 12.7. The summed E-state index contributed by atoms with van der Waals surface area (Å²) in [5.41, 5.74) is 1.05. The minimum Gasteiger partial charge on any atom is -0.298 e. The maximum atomic E-state index is 10.8. The molecule has 0 unspecified atom stereocenters. The lowest BCUT2D eigenvalue weighted by molar-refractivity contribution is 0.112. The topological polar surface area (TPSA) is 40.9 Å². The number of nitrogens with zero attached hydrogens (tertiary/aromatic N) is 1. The van der Waals surface area contributed by atoms with E-state index in [1.54, 1.807) is 12.1 Å². The molecule has 0 saturated heterocycles. The molecule has 21 heavy (non-hydrogen) atoms. The fourth-order valence-electron chi connectivity index (χ4n) is 2.16. The van der Waals surface area contributed by atoms with E-state index in [4.69, 9.17) is 0 Å². The number of fused-ring (bicyclic) bond motifs is 1. The van der Waals surface area contributed by atoms with Crippen molar-refractivity contribution < 1.29 is 4.79 Å². The zero-order valence-electron chi connectivity index (χ0n) is 11.1. The van der Waals surface area contributed by atoms with Crippen LogP contribution in [-0.4, -0.2) is 6.29 Å². The van der Waals surface area contributed by atoms with Gasteiger partial charge >= 0.3 is 0 Å². The summed E-state index contributed by atoms with van der Waals surface area (Å²) >= 11 is 1.53. The fourth-order valence-corrected chi connectivity index (χ4v) is 3.08. The normalized spacial score (nSPS) is 10.2. The van der Waals surface area contributed by atoms with E-state index in [9.17, 15) is 10.1 Å². The summed E-state index contributed by atoms with van der Waals surface area (Å²) < 4.78 is 0. The number of benzene rings is 3. The van der Waals surface area contributed by atoms with Crippen LogP contribution in [0.2, 0.25) is 0 Å². The van der Waals surface area contributed by atoms with Crippen LogP contribution in [0.1, 0.15) is 15.9 Å². The van der Waals surface area contributed by atoms with Crippen LogP contribution in [0.4, 0.5) is 0 Å². The third kappa shape index (κ3) is 2.81. The second-order valence-corrected chi connectivity index (χ2v) is 5.71. The average Bonchev–Trinajstić information content (AvgIpc) is 2.55. The summed E-state index contributed by atoms with van der Waals surface area (Å²) in [6.07, 6.45) is 0.755. The van der Waals surface area contributed by atoms with Gasteiger partial charge in [0.05, 0.1) is 5.56 Å². The van der Waals surface area contributed by atoms with E-state index in [1.165, 1.54) is 22.5 Å². The molecule has 0 saturated carbocycles. The van der Waals surface area contributed by atoms with Gasteiger partial charge in [0, 0.05) is 15.4 Å². The molecule has 3 rings (SSSR count). The molecule has 2 nitrogen and oxygen atoms in total. The Hall–Kier alpha value is -2.57. The molecule has 0 N–H and O–H groups in total. The molecule has 0 fully saturated rings. The lowest BCUT2D eigenvalue weighted by Crippen LogP contribution is -1.86. The third-order valence-corrected chi connectivity index (χ3v) is 4.27. The van der Waals surface area contributed by atoms with Gasteiger partial charge in [-0.25, -0.2) is 0 Å². The van der Waals surface area contributed by atoms with Crippen LogP contribution in [0.5, 0.6) is 0 Å². The first-order valence-electron chi connectivity index (χ1n) is 6.46. The number of carbonyl (C=O) groups is 1. The SMILES string of the molecule is N#Cc1cc(C=O)ccc1Sc1ccc2ccccc2c1. The molecule has 0 aromatic heterocycles. The van der Waals surface area contributed by atoms with E-state index in [0.29, 0.717) is 11.1 Å². The molecule has 0 aliphatic heterocycles. The van der Waals surface area contributed by atoms with E-state index < -0.39 is 0 Å². The molecule has 0 atom stereocenters. The molecule has 0 aliphatic rings. The molecule has 3 heteroatoms. The number of rotatable bonds is 3. The Morgan fingerprint density at radius 2 is 1.76 bits per heavy atom. The van der Waals surface area contributed by atoms with Crippen molar-refractivity contribution in [2.45, 2.75) is 9.79 Å². The molecular formula is C18H11NOS. The van der Waals surface area contributed by atoms with Gasteiger partial charge < -0.3 is 0 Å². The highest BCUT2D eigenvalue weighted by molar-refractivity contribution is 7.99. The highest BCUT2D eigenvalue weighted by atomic mass is 32.2. The van der Waals surface area contributed by atoms with E-state index in [-0.39, 0.29) is 0 Å². The second kappa shape index (κ2) is 5.82. The van der Waals surface area contributed by atoms with Crippen molar-refractivity contribution in [3.05, 3.63) is 71.8 Å². The monoisotopic (exact) mass is 289 g/mol. The zero-order valence-corrected chi connectivity index (χ0v) is 11.9. The van der Waals surface area contributed by atoms with E-state index in [0.717, 1.165) is 16.1 Å². The summed E-state index contributed by atoms with van der Waals surface area (Å²) in [5.74, 6) is 0. The largest absolute Gasteiger partial charge is 0.298 e. The Morgan fingerprint density at radius 3 is 2.52 bits per heavy atom. The smallest absolute Gasteiger partial charge is 0.150 e. The number of nitriles is 1. The van der Waals surface area contributed by atoms with Crippen LogP contribution in [0, 0.1) is 11.3 Å². The first kappa shape index (κ1) is 13.4. The van der Waals surface area contributed by atoms with Gasteiger partial charge in [-0.1, -0.05) is 48.2 Å². The van der Waals surface area contributed by atoms with Crippen LogP contribution < -0.4 is 0 Å². The predicted molar refractivity (Wildman–Crippen MR) is 84.6 cm³/mol. The molecule has 0 aliphatic carbocycles. The molecular weight excluding hydrogens is 278 g/mol. The average molecular weight is 289 g/mol. The Kier molecular flexibility index (Phi) is 3.72. The van der Waals surface area contributed by atoms with Crippen molar-refractivity contribution >= 4 is 28.8 Å². The van der Waals surface area contributed by atoms with Crippen molar-refractivity contribution in [3.63, 3.8) is 0 Å². The Bertz CT molecular complexity index is 864. The molecule has 0 amide bonds. The van der Waals surface area contributed by atoms with Gasteiger partial charge in [0.15, 0.2) is 0 Å². The second-order valence-electron chi connectivity index (χ2n) is 4.60. The molecule has 0 radical (unpaired) electrons. The van der Waals surface area contributed by atoms with E-state index in [1.807, 2.05) is 24.3 Å². The van der Waals surface area contributed by atoms with Gasteiger partial charge in [0.2, 0.25) is 0 Å². The van der Waals surface area contributed by atoms with Crippen molar-refractivity contribution in [1.82, 2.24) is 0 Å². The molecule has 0 bridgehead atoms. The third-order valence-electron chi connectivity index (χ3n) is 3.21. The fraction of sp³-hybridized carbons (Fsp3) is 0. The van der Waals surface area contributed by atoms with Crippen LogP contribution in [0.15, 0.2) is 70.5 Å². The first-order chi connectivity index (χ1) is 10.3. The highest BCUT2D eigenvalue weighted by Crippen LogP contribution is 2.32. The maximum absolute atomic E-state index is 10.8. The number of hydrogen-bond donors (Lipinski definition) is 0. The Morgan fingerprint density at radius 1 is 0.952 bits per heavy atom. The van der Waals surface area contributed by atoms with Gasteiger partial charge in [0.25, 0.3) is 0 Å². The zero-order chi connectivity index (χ0) is 14.7. The molecule has 0 spiro atoms. The maximum Gasteiger partial charge on any atom is 0.150 e. The van der Waals surface area contributed by atoms with Crippen molar-refractivity contribution in [2.75, 3.05) is 0 Å². The Balaban J connectivity index is 1.98. The standard InChI is InChI=1S/C18H11NOS/c19-11-16-9-13(12-20)5-8-18(16)21-17-7-6-14-3-1-2-4-15(14)10-17/h1-10,12H. The van der Waals surface area contributed by atoms with Crippen LogP contribution in [-0.2, 0) is 0 Å². The summed E-state index contributed by atoms with van der Waals surface area (Å²) in [6, 6.07) is 21.7. The summed E-state index contributed by atoms with van der Waals surface area (Å²) in [6.45, 7) is 0. The van der Waals surface area contributed by atoms with Crippen molar-refractivity contribution in [3.8, 4) is 6.07 Å². The molecule has 100 valence electrons. The molecule has 3 aromatic carbocycles. The Labute approximate surface area is 127 Å². The summed E-state index contributed by atoms with van der Waals surface area (Å²) in [5, 5.41) is 11.6. The van der Waals surface area contributed by atoms with Crippen molar-refractivity contribution in [2.24, 2.45) is 0 Å². The minimum absolute atomic E-state index is 0.523. The predicted octanol–water partition coefficient (Wildman–Crippen LogP) is 4.68. The lowest BCUT2D eigenvalue weighted by atomic mass is 10.1. The minimum atomic E-state index is 0.523. The highest BCUT2D eigenvalue weighted by Gasteiger charge is 2.06. The van der Waals surface area contributed by atoms with Crippen molar-refractivity contribution in [1.29, 1.82) is 5.26 Å². The summed E-state index contributed by atoms with van der Waals surface area (Å²) in [7, 11) is 0. The van der Waals surface area contributed by atoms with E-state index >= 15 is 0 Å². The van der Waals surface area contributed by atoms with Gasteiger partial charge in [-0.05, 0) is 35.0 Å². The van der Waals surface area contributed by atoms with Gasteiger partial charge in [-0.2, -0.15) is 5.26 Å². The van der Waals surface area contributed by atoms with Gasteiger partial charge in [-0.3, -0.25) is 4.79 Å². The first-order valence-corrected chi connectivity index (χ1v) is 7.28. The van der Waals surface area contributed by atoms with Crippen LogP contribution >= 0.6 is 11.8 Å². The quantitative estimate of drug-likeness (QED) is 0.658. The molecule has 0 heterocycles. The van der Waals surface area contributed by atoms with Crippen LogP contribution in [0.3, 0.4) is 0 Å². The molecule has 3 aromatic rings. The van der Waals surface area contributed by atoms with E-state index in [2.05, 4.69) is 30.3 Å². The van der Waals surface area contributed by atoms with Gasteiger partial charge in [-0.15, -0.1) is 0 Å².